The quantitative estimate of drug-likeness (QED) is 0.796. The second-order valence-electron chi connectivity index (χ2n) is 8.03. The summed E-state index contributed by atoms with van der Waals surface area (Å²) < 4.78 is 5.54. The van der Waals surface area contributed by atoms with Crippen molar-refractivity contribution in [3.63, 3.8) is 0 Å². The Morgan fingerprint density at radius 2 is 1.82 bits per heavy atom. The topological polar surface area (TPSA) is 52.8 Å². The van der Waals surface area contributed by atoms with E-state index in [0.29, 0.717) is 18.5 Å². The molecule has 150 valence electrons. The first-order valence-corrected chi connectivity index (χ1v) is 10.4. The second kappa shape index (κ2) is 8.88. The molecule has 4 rings (SSSR count). The van der Waals surface area contributed by atoms with Gasteiger partial charge in [-0.15, -0.1) is 0 Å². The number of hydrogen-bond acceptors (Lipinski definition) is 5. The summed E-state index contributed by atoms with van der Waals surface area (Å²) in [4.78, 5) is 19.4. The van der Waals surface area contributed by atoms with Crippen LogP contribution in [0.15, 0.2) is 40.9 Å². The number of piperidine rings is 1. The van der Waals surface area contributed by atoms with Crippen LogP contribution in [0.2, 0.25) is 0 Å². The normalized spacial score (nSPS) is 21.8. The molecule has 3 heterocycles. The molecule has 2 fully saturated rings. The van der Waals surface area contributed by atoms with Gasteiger partial charge in [-0.2, -0.15) is 0 Å². The lowest BCUT2D eigenvalue weighted by molar-refractivity contribution is -0.136. The van der Waals surface area contributed by atoms with E-state index in [2.05, 4.69) is 26.8 Å². The van der Waals surface area contributed by atoms with E-state index in [-0.39, 0.29) is 0 Å². The maximum Gasteiger partial charge on any atom is 0.236 e. The predicted molar refractivity (Wildman–Crippen MR) is 109 cm³/mol. The number of carbonyl (C=O) groups excluding carboxylic acids is 1. The molecule has 0 aliphatic carbocycles. The highest BCUT2D eigenvalue weighted by Gasteiger charge is 2.26. The summed E-state index contributed by atoms with van der Waals surface area (Å²) in [5.41, 5.74) is 1.96. The summed E-state index contributed by atoms with van der Waals surface area (Å²) in [5, 5.41) is 4.20. The Hall–Kier alpha value is -2.18. The highest BCUT2D eigenvalue weighted by molar-refractivity contribution is 5.78. The standard InChI is InChI=1S/C22H30N4O2/c1-18-7-5-6-10-26(18)22(27)17-25-13-11-24(12-14-25)16-20-15-21(23-28-20)19-8-3-2-4-9-19/h2-4,8-9,15,18H,5-7,10-14,16-17H2,1H3. The zero-order valence-corrected chi connectivity index (χ0v) is 16.7. The monoisotopic (exact) mass is 382 g/mol. The Bertz CT molecular complexity index is 768. The number of amides is 1. The van der Waals surface area contributed by atoms with Crippen molar-refractivity contribution in [3.8, 4) is 11.3 Å². The minimum Gasteiger partial charge on any atom is -0.359 e. The number of nitrogens with zero attached hydrogens (tertiary/aromatic N) is 4. The third kappa shape index (κ3) is 4.62. The molecule has 28 heavy (non-hydrogen) atoms. The first-order valence-electron chi connectivity index (χ1n) is 10.4. The van der Waals surface area contributed by atoms with Crippen LogP contribution in [0.25, 0.3) is 11.3 Å². The van der Waals surface area contributed by atoms with Gasteiger partial charge in [0.1, 0.15) is 5.69 Å². The molecule has 1 atom stereocenters. The number of likely N-dealkylation sites (tertiary alicyclic amines) is 1. The smallest absolute Gasteiger partial charge is 0.236 e. The Kier molecular flexibility index (Phi) is 6.07. The number of piperazine rings is 1. The largest absolute Gasteiger partial charge is 0.359 e. The molecule has 0 spiro atoms. The van der Waals surface area contributed by atoms with Crippen molar-refractivity contribution in [2.75, 3.05) is 39.3 Å². The average molecular weight is 383 g/mol. The fraction of sp³-hybridized carbons (Fsp3) is 0.545. The molecular weight excluding hydrogens is 352 g/mol. The van der Waals surface area contributed by atoms with E-state index >= 15 is 0 Å². The second-order valence-corrected chi connectivity index (χ2v) is 8.03. The van der Waals surface area contributed by atoms with Gasteiger partial charge >= 0.3 is 0 Å². The summed E-state index contributed by atoms with van der Waals surface area (Å²) in [7, 11) is 0. The van der Waals surface area contributed by atoms with E-state index in [1.165, 1.54) is 6.42 Å². The van der Waals surface area contributed by atoms with Crippen molar-refractivity contribution < 1.29 is 9.32 Å². The zero-order chi connectivity index (χ0) is 19.3. The van der Waals surface area contributed by atoms with Crippen LogP contribution in [0.5, 0.6) is 0 Å². The van der Waals surface area contributed by atoms with Crippen LogP contribution in [0.3, 0.4) is 0 Å². The third-order valence-corrected chi connectivity index (χ3v) is 5.96. The molecule has 2 aliphatic heterocycles. The van der Waals surface area contributed by atoms with Gasteiger partial charge < -0.3 is 9.42 Å². The van der Waals surface area contributed by atoms with Crippen LogP contribution in [0, 0.1) is 0 Å². The maximum absolute atomic E-state index is 12.6. The van der Waals surface area contributed by atoms with Crippen molar-refractivity contribution in [3.05, 3.63) is 42.2 Å². The molecular formula is C22H30N4O2. The van der Waals surface area contributed by atoms with Crippen molar-refractivity contribution in [1.29, 1.82) is 0 Å². The molecule has 6 heteroatoms. The lowest BCUT2D eigenvalue weighted by atomic mass is 10.0. The predicted octanol–water partition coefficient (Wildman–Crippen LogP) is 2.86. The minimum absolute atomic E-state index is 0.295. The van der Waals surface area contributed by atoms with Crippen LogP contribution in [0.4, 0.5) is 0 Å². The molecule has 0 radical (unpaired) electrons. The molecule has 0 saturated carbocycles. The van der Waals surface area contributed by atoms with Crippen molar-refractivity contribution in [1.82, 2.24) is 19.9 Å². The number of carbonyl (C=O) groups is 1. The van der Waals surface area contributed by atoms with Gasteiger partial charge in [0.25, 0.3) is 0 Å². The fourth-order valence-corrected chi connectivity index (χ4v) is 4.21. The lowest BCUT2D eigenvalue weighted by Crippen LogP contribution is -2.51. The van der Waals surface area contributed by atoms with Gasteiger partial charge in [-0.25, -0.2) is 0 Å². The molecule has 0 N–H and O–H groups in total. The molecule has 6 nitrogen and oxygen atoms in total. The number of hydrogen-bond donors (Lipinski definition) is 0. The van der Waals surface area contributed by atoms with E-state index < -0.39 is 0 Å². The molecule has 1 aromatic carbocycles. The molecule has 2 aliphatic rings. The van der Waals surface area contributed by atoms with E-state index in [9.17, 15) is 4.79 Å². The van der Waals surface area contributed by atoms with Crippen LogP contribution < -0.4 is 0 Å². The molecule has 2 aromatic rings. The first kappa shape index (κ1) is 19.2. The Morgan fingerprint density at radius 3 is 2.57 bits per heavy atom. The number of aromatic nitrogens is 1. The van der Waals surface area contributed by atoms with Crippen LogP contribution in [-0.2, 0) is 11.3 Å². The summed E-state index contributed by atoms with van der Waals surface area (Å²) in [6.07, 6.45) is 3.53. The van der Waals surface area contributed by atoms with E-state index in [0.717, 1.165) is 69.1 Å². The molecule has 2 saturated heterocycles. The molecule has 0 bridgehead atoms. The summed E-state index contributed by atoms with van der Waals surface area (Å²) in [5.74, 6) is 1.19. The zero-order valence-electron chi connectivity index (χ0n) is 16.7. The van der Waals surface area contributed by atoms with Crippen LogP contribution in [-0.4, -0.2) is 71.1 Å². The Morgan fingerprint density at radius 1 is 1.07 bits per heavy atom. The molecule has 1 unspecified atom stereocenters. The van der Waals surface area contributed by atoms with Gasteiger partial charge in [-0.3, -0.25) is 14.6 Å². The van der Waals surface area contributed by atoms with Crippen LogP contribution >= 0.6 is 0 Å². The Balaban J connectivity index is 1.24. The highest BCUT2D eigenvalue weighted by atomic mass is 16.5. The maximum atomic E-state index is 12.6. The number of rotatable bonds is 5. The molecule has 1 amide bonds. The van der Waals surface area contributed by atoms with Crippen molar-refractivity contribution in [2.24, 2.45) is 0 Å². The van der Waals surface area contributed by atoms with Gasteiger partial charge in [0.2, 0.25) is 5.91 Å². The van der Waals surface area contributed by atoms with Crippen molar-refractivity contribution in [2.45, 2.75) is 38.8 Å². The first-order chi connectivity index (χ1) is 13.7. The van der Waals surface area contributed by atoms with Gasteiger partial charge in [0.05, 0.1) is 13.1 Å². The van der Waals surface area contributed by atoms with E-state index in [4.69, 9.17) is 4.52 Å². The van der Waals surface area contributed by atoms with Crippen molar-refractivity contribution >= 4 is 5.91 Å². The molecule has 1 aromatic heterocycles. The minimum atomic E-state index is 0.295. The lowest BCUT2D eigenvalue weighted by Gasteiger charge is -2.37. The summed E-state index contributed by atoms with van der Waals surface area (Å²) in [6.45, 7) is 8.17. The van der Waals surface area contributed by atoms with Gasteiger partial charge in [-0.05, 0) is 26.2 Å². The SMILES string of the molecule is CC1CCCCN1C(=O)CN1CCN(Cc2cc(-c3ccccc3)no2)CC1. The fourth-order valence-electron chi connectivity index (χ4n) is 4.21. The highest BCUT2D eigenvalue weighted by Crippen LogP contribution is 2.20. The van der Waals surface area contributed by atoms with E-state index in [1.54, 1.807) is 0 Å². The Labute approximate surface area is 167 Å². The van der Waals surface area contributed by atoms with Crippen LogP contribution in [0.1, 0.15) is 31.9 Å². The average Bonchev–Trinajstić information content (AvgIpc) is 3.19. The van der Waals surface area contributed by atoms with Gasteiger partial charge in [-0.1, -0.05) is 35.5 Å². The van der Waals surface area contributed by atoms with E-state index in [1.807, 2.05) is 36.4 Å². The third-order valence-electron chi connectivity index (χ3n) is 5.96. The van der Waals surface area contributed by atoms with Gasteiger partial charge in [0.15, 0.2) is 5.76 Å². The number of benzene rings is 1. The summed E-state index contributed by atoms with van der Waals surface area (Å²) >= 11 is 0. The van der Waals surface area contributed by atoms with Gasteiger partial charge in [0, 0.05) is 50.4 Å². The summed E-state index contributed by atoms with van der Waals surface area (Å²) in [6, 6.07) is 12.5.